The molecule has 0 amide bonds. The van der Waals surface area contributed by atoms with Crippen LogP contribution in [-0.2, 0) is 0 Å². The molecule has 0 aliphatic carbocycles. The Bertz CT molecular complexity index is 250. The first-order valence-electron chi connectivity index (χ1n) is 4.04. The second-order valence-corrected chi connectivity index (χ2v) is 19.2. The summed E-state index contributed by atoms with van der Waals surface area (Å²) in [7, 11) is 0. The molecule has 0 aliphatic rings. The number of hydrogen-bond acceptors (Lipinski definition) is 2. The number of aromatic nitrogens is 1. The zero-order valence-electron chi connectivity index (χ0n) is 8.09. The van der Waals surface area contributed by atoms with E-state index in [2.05, 4.69) is 44.4 Å². The molecule has 0 atom stereocenters. The van der Waals surface area contributed by atoms with E-state index in [1.54, 1.807) is 11.8 Å². The van der Waals surface area contributed by atoms with E-state index in [1.807, 2.05) is 0 Å². The first-order valence-corrected chi connectivity index (χ1v) is 15.3. The van der Waals surface area contributed by atoms with Gasteiger partial charge in [-0.1, -0.05) is 0 Å². The summed E-state index contributed by atoms with van der Waals surface area (Å²) in [6, 6.07) is 4.37. The van der Waals surface area contributed by atoms with Crippen LogP contribution < -0.4 is 3.58 Å². The first-order chi connectivity index (χ1) is 5.54. The van der Waals surface area contributed by atoms with Gasteiger partial charge in [0.05, 0.1) is 0 Å². The van der Waals surface area contributed by atoms with Gasteiger partial charge in [-0.05, 0) is 0 Å². The van der Waals surface area contributed by atoms with Gasteiger partial charge in [0.2, 0.25) is 0 Å². The SMILES string of the molecule is CSc1cc[c]([Sn]([CH3])([CH3])[CH3])cn1. The van der Waals surface area contributed by atoms with Crippen LogP contribution in [-0.4, -0.2) is 29.6 Å². The summed E-state index contributed by atoms with van der Waals surface area (Å²) in [5.74, 6) is 0. The fourth-order valence-electron chi connectivity index (χ4n) is 0.945. The van der Waals surface area contributed by atoms with Crippen LogP contribution in [0.4, 0.5) is 0 Å². The molecule has 1 aromatic heterocycles. The van der Waals surface area contributed by atoms with Crippen molar-refractivity contribution in [1.82, 2.24) is 4.98 Å². The molecule has 1 heterocycles. The minimum absolute atomic E-state index is 1.12. The van der Waals surface area contributed by atoms with Crippen molar-refractivity contribution in [3.63, 3.8) is 0 Å². The molecule has 1 rings (SSSR count). The third-order valence-corrected chi connectivity index (χ3v) is 8.26. The molecule has 0 N–H and O–H groups in total. The van der Waals surface area contributed by atoms with E-state index < -0.39 is 18.4 Å². The van der Waals surface area contributed by atoms with E-state index in [-0.39, 0.29) is 0 Å². The molecule has 0 unspecified atom stereocenters. The number of nitrogens with zero attached hydrogens (tertiary/aromatic N) is 1. The molecule has 0 aliphatic heterocycles. The van der Waals surface area contributed by atoms with E-state index in [4.69, 9.17) is 0 Å². The van der Waals surface area contributed by atoms with Crippen LogP contribution in [0, 0.1) is 0 Å². The minimum atomic E-state index is -1.83. The van der Waals surface area contributed by atoms with Gasteiger partial charge in [0, 0.05) is 0 Å². The summed E-state index contributed by atoms with van der Waals surface area (Å²) < 4.78 is 1.50. The van der Waals surface area contributed by atoms with Crippen LogP contribution in [0.2, 0.25) is 14.8 Å². The third kappa shape index (κ3) is 2.66. The van der Waals surface area contributed by atoms with E-state index in [0.717, 1.165) is 5.03 Å². The summed E-state index contributed by atoms with van der Waals surface area (Å²) in [6.07, 6.45) is 4.12. The number of pyridine rings is 1. The molecule has 0 spiro atoms. The van der Waals surface area contributed by atoms with Crippen LogP contribution in [0.1, 0.15) is 0 Å². The molecular weight excluding hydrogens is 273 g/mol. The average molecular weight is 288 g/mol. The Balaban J connectivity index is 2.93. The second kappa shape index (κ2) is 4.00. The second-order valence-electron chi connectivity index (χ2n) is 3.84. The molecular formula is C9H15NSSn. The van der Waals surface area contributed by atoms with Crippen LogP contribution in [0.5, 0.6) is 0 Å². The van der Waals surface area contributed by atoms with Gasteiger partial charge in [-0.3, -0.25) is 0 Å². The normalized spacial score (nSPS) is 11.7. The molecule has 66 valence electrons. The third-order valence-electron chi connectivity index (χ3n) is 1.81. The molecule has 1 nitrogen and oxygen atoms in total. The molecule has 1 aromatic rings. The van der Waals surface area contributed by atoms with Gasteiger partial charge in [-0.15, -0.1) is 0 Å². The maximum absolute atomic E-state index is 4.38. The van der Waals surface area contributed by atoms with Crippen LogP contribution >= 0.6 is 11.8 Å². The predicted molar refractivity (Wildman–Crippen MR) is 59.0 cm³/mol. The van der Waals surface area contributed by atoms with Gasteiger partial charge in [-0.25, -0.2) is 0 Å². The quantitative estimate of drug-likeness (QED) is 0.612. The van der Waals surface area contributed by atoms with E-state index in [9.17, 15) is 0 Å². The fourth-order valence-corrected chi connectivity index (χ4v) is 4.26. The van der Waals surface area contributed by atoms with Crippen molar-refractivity contribution in [2.75, 3.05) is 6.26 Å². The Morgan fingerprint density at radius 3 is 2.25 bits per heavy atom. The van der Waals surface area contributed by atoms with Crippen LogP contribution in [0.25, 0.3) is 0 Å². The summed E-state index contributed by atoms with van der Waals surface area (Å²) in [5.41, 5.74) is 0. The van der Waals surface area contributed by atoms with Crippen molar-refractivity contribution in [2.24, 2.45) is 0 Å². The topological polar surface area (TPSA) is 12.9 Å². The predicted octanol–water partition coefficient (Wildman–Crippen LogP) is 2.35. The summed E-state index contributed by atoms with van der Waals surface area (Å²) >= 11 is -0.133. The molecule has 0 saturated carbocycles. The Hall–Kier alpha value is 0.299. The monoisotopic (exact) mass is 289 g/mol. The van der Waals surface area contributed by atoms with Crippen molar-refractivity contribution < 1.29 is 0 Å². The van der Waals surface area contributed by atoms with Crippen LogP contribution in [0.3, 0.4) is 0 Å². The average Bonchev–Trinajstić information content (AvgIpc) is 2.03. The molecule has 0 saturated heterocycles. The first kappa shape index (κ1) is 10.4. The van der Waals surface area contributed by atoms with Crippen molar-refractivity contribution in [2.45, 2.75) is 19.8 Å². The number of thioether (sulfide) groups is 1. The van der Waals surface area contributed by atoms with Gasteiger partial charge in [0.15, 0.2) is 0 Å². The summed E-state index contributed by atoms with van der Waals surface area (Å²) in [5, 5.41) is 1.12. The Labute approximate surface area is 82.9 Å². The zero-order valence-corrected chi connectivity index (χ0v) is 11.8. The molecule has 0 aromatic carbocycles. The van der Waals surface area contributed by atoms with Gasteiger partial charge in [0.25, 0.3) is 0 Å². The van der Waals surface area contributed by atoms with E-state index in [1.165, 1.54) is 3.58 Å². The van der Waals surface area contributed by atoms with Gasteiger partial charge in [0.1, 0.15) is 0 Å². The van der Waals surface area contributed by atoms with Gasteiger partial charge < -0.3 is 0 Å². The molecule has 3 heteroatoms. The van der Waals surface area contributed by atoms with Crippen molar-refractivity contribution in [3.8, 4) is 0 Å². The van der Waals surface area contributed by atoms with Gasteiger partial charge >= 0.3 is 83.1 Å². The Kier molecular flexibility index (Phi) is 3.46. The van der Waals surface area contributed by atoms with Gasteiger partial charge in [-0.2, -0.15) is 0 Å². The summed E-state index contributed by atoms with van der Waals surface area (Å²) in [4.78, 5) is 11.6. The molecule has 0 bridgehead atoms. The zero-order chi connectivity index (χ0) is 9.19. The van der Waals surface area contributed by atoms with Crippen molar-refractivity contribution in [3.05, 3.63) is 18.3 Å². The standard InChI is InChI=1S/C6H6NS.3CH3.Sn/c1-8-6-4-2-3-5-7-6;;;;/h2,4-5H,1H3;3*1H3;. The Morgan fingerprint density at radius 1 is 1.25 bits per heavy atom. The fraction of sp³-hybridized carbons (Fsp3) is 0.444. The molecule has 0 radical (unpaired) electrons. The maximum atomic E-state index is 4.38. The number of hydrogen-bond donors (Lipinski definition) is 0. The number of rotatable bonds is 2. The van der Waals surface area contributed by atoms with E-state index >= 15 is 0 Å². The Morgan fingerprint density at radius 2 is 1.92 bits per heavy atom. The summed E-state index contributed by atoms with van der Waals surface area (Å²) in [6.45, 7) is 0. The molecule has 12 heavy (non-hydrogen) atoms. The van der Waals surface area contributed by atoms with Crippen LogP contribution in [0.15, 0.2) is 23.4 Å². The van der Waals surface area contributed by atoms with Crippen molar-refractivity contribution in [1.29, 1.82) is 0 Å². The molecule has 0 fully saturated rings. The van der Waals surface area contributed by atoms with Crippen molar-refractivity contribution >= 4 is 33.7 Å². The van der Waals surface area contributed by atoms with E-state index in [0.29, 0.717) is 0 Å².